The van der Waals surface area contributed by atoms with Crippen molar-refractivity contribution in [2.75, 3.05) is 0 Å². The highest BCUT2D eigenvalue weighted by Crippen LogP contribution is 2.56. The van der Waals surface area contributed by atoms with Crippen LogP contribution < -0.4 is 9.47 Å². The summed E-state index contributed by atoms with van der Waals surface area (Å²) in [5.41, 5.74) is 1.04. The predicted molar refractivity (Wildman–Crippen MR) is 154 cm³/mol. The van der Waals surface area contributed by atoms with Gasteiger partial charge >= 0.3 is 11.9 Å². The Morgan fingerprint density at radius 3 is 1.51 bits per heavy atom. The molecule has 0 saturated heterocycles. The number of carbonyl (C=O) groups excluding carboxylic acids is 2. The van der Waals surface area contributed by atoms with Gasteiger partial charge in [-0.15, -0.1) is 0 Å². The van der Waals surface area contributed by atoms with Gasteiger partial charge in [-0.1, -0.05) is 75.4 Å². The lowest BCUT2D eigenvalue weighted by Gasteiger charge is -2.22. The van der Waals surface area contributed by atoms with Crippen molar-refractivity contribution >= 4 is 11.9 Å². The van der Waals surface area contributed by atoms with E-state index in [1.165, 1.54) is 48.5 Å². The van der Waals surface area contributed by atoms with E-state index in [-0.39, 0.29) is 69.9 Å². The highest BCUT2D eigenvalue weighted by molar-refractivity contribution is 5.96. The van der Waals surface area contributed by atoms with Crippen molar-refractivity contribution in [1.82, 2.24) is 0 Å². The molecule has 212 valence electrons. The Hall–Kier alpha value is -4.98. The molecule has 4 N–H and O–H groups in total. The molecule has 4 rings (SSSR count). The number of benzene rings is 4. The van der Waals surface area contributed by atoms with E-state index >= 15 is 0 Å². The van der Waals surface area contributed by atoms with Crippen molar-refractivity contribution in [2.45, 2.75) is 33.6 Å². The van der Waals surface area contributed by atoms with E-state index in [1.54, 1.807) is 24.3 Å². The summed E-state index contributed by atoms with van der Waals surface area (Å²) in [4.78, 5) is 26.1. The number of phenolic OH excluding ortho intramolecular Hbond substituents is 4. The molecule has 0 amide bonds. The van der Waals surface area contributed by atoms with Crippen molar-refractivity contribution < 1.29 is 39.5 Å². The second-order valence-corrected chi connectivity index (χ2v) is 10.2. The van der Waals surface area contributed by atoms with Crippen molar-refractivity contribution in [3.63, 3.8) is 0 Å². The third-order valence-electron chi connectivity index (χ3n) is 6.92. The maximum Gasteiger partial charge on any atom is 0.315 e. The van der Waals surface area contributed by atoms with E-state index < -0.39 is 23.4 Å². The number of phenols is 4. The van der Waals surface area contributed by atoms with Gasteiger partial charge in [0, 0.05) is 6.42 Å². The van der Waals surface area contributed by atoms with Crippen LogP contribution in [0.15, 0.2) is 78.9 Å². The molecule has 1 atom stereocenters. The van der Waals surface area contributed by atoms with Crippen LogP contribution in [0.4, 0.5) is 0 Å². The van der Waals surface area contributed by atoms with Gasteiger partial charge in [-0.2, -0.15) is 0 Å². The van der Waals surface area contributed by atoms with Gasteiger partial charge in [-0.3, -0.25) is 9.59 Å². The maximum absolute atomic E-state index is 13.0. The lowest BCUT2D eigenvalue weighted by atomic mass is 9.94. The molecule has 0 aliphatic carbocycles. The largest absolute Gasteiger partial charge is 0.508 e. The molecule has 0 unspecified atom stereocenters. The molecular weight excluding hydrogens is 524 g/mol. The van der Waals surface area contributed by atoms with Crippen LogP contribution in [0.1, 0.15) is 32.8 Å². The lowest BCUT2D eigenvalue weighted by molar-refractivity contribution is -0.136. The van der Waals surface area contributed by atoms with Crippen LogP contribution in [0, 0.1) is 11.8 Å². The van der Waals surface area contributed by atoms with Crippen LogP contribution in [-0.4, -0.2) is 32.4 Å². The van der Waals surface area contributed by atoms with Crippen LogP contribution in [0.5, 0.6) is 34.5 Å². The van der Waals surface area contributed by atoms with Crippen molar-refractivity contribution in [2.24, 2.45) is 11.8 Å². The van der Waals surface area contributed by atoms with Crippen molar-refractivity contribution in [3.05, 3.63) is 84.4 Å². The Bertz CT molecular complexity index is 1530. The van der Waals surface area contributed by atoms with Gasteiger partial charge in [-0.05, 0) is 52.8 Å². The monoisotopic (exact) mass is 556 g/mol. The third kappa shape index (κ3) is 6.78. The quantitative estimate of drug-likeness (QED) is 0.103. The van der Waals surface area contributed by atoms with Gasteiger partial charge in [0.15, 0.2) is 23.0 Å². The lowest BCUT2D eigenvalue weighted by Crippen LogP contribution is -2.17. The Labute approximate surface area is 238 Å². The SMILES string of the molecule is CC(C)[C@H](C)CC(=O)Oc1c(O)c(-c2ccc(O)cc2)c(OC(=O)Cc2ccccc2)c(O)c1-c1ccc(O)cc1. The second-order valence-electron chi connectivity index (χ2n) is 10.2. The second kappa shape index (κ2) is 12.5. The van der Waals surface area contributed by atoms with Crippen LogP contribution in [0.3, 0.4) is 0 Å². The minimum absolute atomic E-state index is 0.0230. The summed E-state index contributed by atoms with van der Waals surface area (Å²) >= 11 is 0. The van der Waals surface area contributed by atoms with Crippen molar-refractivity contribution in [1.29, 1.82) is 0 Å². The van der Waals surface area contributed by atoms with E-state index in [9.17, 15) is 30.0 Å². The summed E-state index contributed by atoms with van der Waals surface area (Å²) in [6.45, 7) is 5.86. The van der Waals surface area contributed by atoms with Crippen molar-refractivity contribution in [3.8, 4) is 56.8 Å². The predicted octanol–water partition coefficient (Wildman–Crippen LogP) is 6.58. The molecule has 0 aliphatic heterocycles. The first-order valence-electron chi connectivity index (χ1n) is 13.2. The van der Waals surface area contributed by atoms with Gasteiger partial charge in [0.2, 0.25) is 0 Å². The third-order valence-corrected chi connectivity index (χ3v) is 6.92. The normalized spacial score (nSPS) is 11.7. The number of esters is 2. The van der Waals surface area contributed by atoms with E-state index in [0.29, 0.717) is 5.56 Å². The smallest absolute Gasteiger partial charge is 0.315 e. The molecule has 0 aliphatic rings. The molecule has 0 spiro atoms. The first-order valence-corrected chi connectivity index (χ1v) is 13.2. The number of rotatable bonds is 9. The Morgan fingerprint density at radius 2 is 1.07 bits per heavy atom. The molecular formula is C33H32O8. The average molecular weight is 557 g/mol. The maximum atomic E-state index is 13.0. The van der Waals surface area contributed by atoms with Crippen LogP contribution >= 0.6 is 0 Å². The molecule has 41 heavy (non-hydrogen) atoms. The number of hydrogen-bond donors (Lipinski definition) is 4. The van der Waals surface area contributed by atoms with Crippen LogP contribution in [-0.2, 0) is 16.0 Å². The highest BCUT2D eigenvalue weighted by atomic mass is 16.6. The van der Waals surface area contributed by atoms with Gasteiger partial charge in [0.05, 0.1) is 17.5 Å². The van der Waals surface area contributed by atoms with Gasteiger partial charge < -0.3 is 29.9 Å². The van der Waals surface area contributed by atoms with Gasteiger partial charge in [0.1, 0.15) is 11.5 Å². The first-order chi connectivity index (χ1) is 19.5. The zero-order chi connectivity index (χ0) is 29.7. The average Bonchev–Trinajstić information content (AvgIpc) is 2.93. The summed E-state index contributed by atoms with van der Waals surface area (Å²) in [6, 6.07) is 20.2. The fourth-order valence-corrected chi connectivity index (χ4v) is 4.24. The van der Waals surface area contributed by atoms with Gasteiger partial charge in [0.25, 0.3) is 0 Å². The molecule has 4 aromatic rings. The van der Waals surface area contributed by atoms with E-state index in [0.717, 1.165) is 0 Å². The van der Waals surface area contributed by atoms with E-state index in [4.69, 9.17) is 9.47 Å². The Morgan fingerprint density at radius 1 is 0.634 bits per heavy atom. The summed E-state index contributed by atoms with van der Waals surface area (Å²) in [5.74, 6) is -3.06. The number of ether oxygens (including phenoxy) is 2. The zero-order valence-corrected chi connectivity index (χ0v) is 23.0. The molecule has 8 nitrogen and oxygen atoms in total. The number of carbonyl (C=O) groups is 2. The Kier molecular flexibility index (Phi) is 8.82. The standard InChI is InChI=1S/C33H32O8/c1-19(2)20(3)17-26(36)40-32-28(22-9-13-24(34)14-10-22)31(39)33(41-27(37)18-21-7-5-4-6-8-21)29(30(32)38)23-11-15-25(35)16-12-23/h4-16,19-20,34-35,38-39H,17-18H2,1-3H3/t20-/m1/s1. The molecule has 0 fully saturated rings. The number of aromatic hydroxyl groups is 4. The summed E-state index contributed by atoms with van der Waals surface area (Å²) in [6.07, 6.45) is -0.0658. The fourth-order valence-electron chi connectivity index (χ4n) is 4.24. The molecule has 8 heteroatoms. The summed E-state index contributed by atoms with van der Waals surface area (Å²) in [5, 5.41) is 42.9. The van der Waals surface area contributed by atoms with E-state index in [1.807, 2.05) is 26.8 Å². The van der Waals surface area contributed by atoms with Crippen LogP contribution in [0.25, 0.3) is 22.3 Å². The molecule has 0 saturated carbocycles. The topological polar surface area (TPSA) is 134 Å². The van der Waals surface area contributed by atoms with Gasteiger partial charge in [-0.25, -0.2) is 0 Å². The highest BCUT2D eigenvalue weighted by Gasteiger charge is 2.31. The summed E-state index contributed by atoms with van der Waals surface area (Å²) in [7, 11) is 0. The zero-order valence-electron chi connectivity index (χ0n) is 23.0. The minimum Gasteiger partial charge on any atom is -0.508 e. The first kappa shape index (κ1) is 29.0. The fraction of sp³-hybridized carbons (Fsp3) is 0.212. The molecule has 0 bridgehead atoms. The summed E-state index contributed by atoms with van der Waals surface area (Å²) < 4.78 is 11.4. The molecule has 0 heterocycles. The Balaban J connectivity index is 1.91. The number of hydrogen-bond acceptors (Lipinski definition) is 8. The molecule has 0 aromatic heterocycles. The molecule has 4 aromatic carbocycles. The van der Waals surface area contributed by atoms with Crippen LogP contribution in [0.2, 0.25) is 0 Å². The van der Waals surface area contributed by atoms with E-state index in [2.05, 4.69) is 0 Å². The minimum atomic E-state index is -0.710. The molecule has 0 radical (unpaired) electrons.